The standard InChI is InChI=1S/C17H17N5O.C13H10F3N3O.C11H11N3.C9H11F3N2O2.C6H6F3NO2.C4H7NO/c18-12-20-9-4-7-15(20)17(23)21-10-8-14-16(21)11-19-22(14)13-5-2-1-3-6-13;14-13(15,16)12(20)18-7-6-10-11(18)8-17-19(10)9-4-2-1-3-5-9;1-2-4-9(5-3-1)14-11-6-7-12-10(11)8-13-14;1-13(2)5-6-7(15)3-4-14(6)8(16)9(10,11)12;7-6(8,9)5(12)10-2-1-4(11)3-10;6-4-1-2-5-3-4/h1-3,5-6,11,15H,4,7-10H2;1-5,8H,6-7H2;1-5,8,12H,6-7H2;5H,3-4H2,1-2H3;1-3H2;5H,1-3H2/b;;;6-5+;;/t15-;;;;;/m0...../s1. The zero-order valence-electron chi connectivity index (χ0n) is 49.1. The highest BCUT2D eigenvalue weighted by Gasteiger charge is 2.48. The van der Waals surface area contributed by atoms with Crippen molar-refractivity contribution in [1.82, 2.24) is 54.3 Å². The van der Waals surface area contributed by atoms with Gasteiger partial charge in [-0.25, -0.2) is 14.0 Å². The van der Waals surface area contributed by atoms with E-state index in [1.165, 1.54) is 28.7 Å². The number of allylic oxidation sites excluding steroid dienone is 1. The van der Waals surface area contributed by atoms with Crippen molar-refractivity contribution in [3.8, 4) is 23.3 Å². The van der Waals surface area contributed by atoms with E-state index in [1.807, 2.05) is 94.4 Å². The molecule has 4 saturated heterocycles. The zero-order chi connectivity index (χ0) is 65.8. The molecule has 0 spiro atoms. The van der Waals surface area contributed by atoms with Gasteiger partial charge in [0.05, 0.1) is 82.9 Å². The van der Waals surface area contributed by atoms with Crippen molar-refractivity contribution in [2.45, 2.75) is 75.9 Å². The number of carbonyl (C=O) groups excluding carboxylic acids is 7. The second-order valence-corrected chi connectivity index (χ2v) is 21.4. The van der Waals surface area contributed by atoms with Gasteiger partial charge in [-0.05, 0) is 49.2 Å². The number of Topliss-reactive ketones (excluding diaryl/α,β-unsaturated/α-hetero) is 3. The lowest BCUT2D eigenvalue weighted by Gasteiger charge is -2.23. The number of carbonyl (C=O) groups is 7. The van der Waals surface area contributed by atoms with E-state index in [2.05, 4.69) is 44.3 Å². The summed E-state index contributed by atoms with van der Waals surface area (Å²) in [5.41, 5.74) is 7.95. The number of benzene rings is 3. The lowest BCUT2D eigenvalue weighted by Crippen LogP contribution is -2.43. The van der Waals surface area contributed by atoms with Crippen LogP contribution in [0.25, 0.3) is 17.1 Å². The second kappa shape index (κ2) is 29.2. The summed E-state index contributed by atoms with van der Waals surface area (Å²) in [4.78, 5) is 84.2. The number of nitriles is 1. The van der Waals surface area contributed by atoms with Crippen LogP contribution in [0, 0.1) is 11.5 Å². The number of amides is 4. The van der Waals surface area contributed by atoms with Crippen LogP contribution in [-0.2, 0) is 52.8 Å². The maximum atomic E-state index is 12.8. The van der Waals surface area contributed by atoms with E-state index in [1.54, 1.807) is 34.8 Å². The Morgan fingerprint density at radius 3 is 1.53 bits per heavy atom. The first kappa shape index (κ1) is 67.1. The Balaban J connectivity index is 0.000000145. The number of hydrogen-bond acceptors (Lipinski definition) is 15. The minimum absolute atomic E-state index is 0.0235. The number of likely N-dealkylation sites (tertiary alicyclic amines) is 3. The number of rotatable bonds is 5. The summed E-state index contributed by atoms with van der Waals surface area (Å²) in [7, 11) is 3.13. The van der Waals surface area contributed by atoms with Gasteiger partial charge in [-0.2, -0.15) is 60.1 Å². The second-order valence-electron chi connectivity index (χ2n) is 21.4. The quantitative estimate of drug-likeness (QED) is 0.106. The van der Waals surface area contributed by atoms with Gasteiger partial charge in [0.1, 0.15) is 17.5 Å². The molecule has 22 nitrogen and oxygen atoms in total. The number of nitrogens with zero attached hydrogens (tertiary/aromatic N) is 13. The molecule has 3 aromatic carbocycles. The molecular formula is C60H62F9N15O7. The maximum absolute atomic E-state index is 12.8. The summed E-state index contributed by atoms with van der Waals surface area (Å²) in [6, 6.07) is 28.9. The first-order valence-electron chi connectivity index (χ1n) is 28.6. The molecule has 7 aliphatic rings. The average molecular weight is 1280 g/mol. The van der Waals surface area contributed by atoms with Gasteiger partial charge in [-0.1, -0.05) is 54.6 Å². The molecule has 0 aliphatic carbocycles. The van der Waals surface area contributed by atoms with Crippen LogP contribution in [0.2, 0.25) is 0 Å². The van der Waals surface area contributed by atoms with Gasteiger partial charge in [0.25, 0.3) is 5.91 Å². The molecule has 4 amide bonds. The van der Waals surface area contributed by atoms with Crippen LogP contribution in [-0.4, -0.2) is 187 Å². The predicted molar refractivity (Wildman–Crippen MR) is 310 cm³/mol. The number of para-hydroxylation sites is 3. The fraction of sp³-hybridized carbons (Fsp3) is 0.383. The van der Waals surface area contributed by atoms with Gasteiger partial charge in [-0.3, -0.25) is 43.4 Å². The van der Waals surface area contributed by atoms with Crippen LogP contribution in [0.5, 0.6) is 0 Å². The van der Waals surface area contributed by atoms with Crippen molar-refractivity contribution in [1.29, 1.82) is 5.26 Å². The average Bonchev–Trinajstić information content (AvgIpc) is 1.64. The van der Waals surface area contributed by atoms with Crippen molar-refractivity contribution in [2.24, 2.45) is 0 Å². The molecular weight excluding hydrogens is 1210 g/mol. The molecule has 2 N–H and O–H groups in total. The Kier molecular flexibility index (Phi) is 21.5. The highest BCUT2D eigenvalue weighted by molar-refractivity contribution is 6.03. The Morgan fingerprint density at radius 1 is 0.571 bits per heavy atom. The number of anilines is 3. The van der Waals surface area contributed by atoms with Gasteiger partial charge < -0.3 is 30.2 Å². The highest BCUT2D eigenvalue weighted by Crippen LogP contribution is 2.35. The van der Waals surface area contributed by atoms with E-state index in [-0.39, 0.29) is 61.6 Å². The summed E-state index contributed by atoms with van der Waals surface area (Å²) in [5.74, 6) is -6.17. The molecule has 6 aromatic rings. The van der Waals surface area contributed by atoms with E-state index in [0.717, 1.165) is 78.5 Å². The predicted octanol–water partition coefficient (Wildman–Crippen LogP) is 6.52. The third-order valence-electron chi connectivity index (χ3n) is 14.9. The number of halogens is 9. The van der Waals surface area contributed by atoms with Crippen LogP contribution in [0.4, 0.5) is 56.6 Å². The fourth-order valence-corrected chi connectivity index (χ4v) is 10.6. The molecule has 91 heavy (non-hydrogen) atoms. The van der Waals surface area contributed by atoms with E-state index in [0.29, 0.717) is 47.3 Å². The smallest absolute Gasteiger partial charge is 0.382 e. The van der Waals surface area contributed by atoms with Crippen LogP contribution in [0.1, 0.15) is 49.2 Å². The number of aromatic nitrogens is 6. The molecule has 10 heterocycles. The number of alkyl halides is 9. The molecule has 3 aromatic heterocycles. The first-order chi connectivity index (χ1) is 43.3. The Bertz CT molecular complexity index is 3650. The minimum Gasteiger partial charge on any atom is -0.382 e. The number of ketones is 3. The van der Waals surface area contributed by atoms with Crippen molar-refractivity contribution in [3.05, 3.63) is 139 Å². The van der Waals surface area contributed by atoms with Crippen molar-refractivity contribution in [3.63, 3.8) is 0 Å². The molecule has 0 unspecified atom stereocenters. The Labute approximate surface area is 515 Å². The van der Waals surface area contributed by atoms with Gasteiger partial charge in [0, 0.05) is 105 Å². The van der Waals surface area contributed by atoms with Crippen molar-refractivity contribution < 1.29 is 73.1 Å². The topological polar surface area (TPSA) is 240 Å². The van der Waals surface area contributed by atoms with Crippen molar-refractivity contribution >= 4 is 58.0 Å². The largest absolute Gasteiger partial charge is 0.471 e. The Hall–Kier alpha value is -9.86. The van der Waals surface area contributed by atoms with Crippen LogP contribution in [0.15, 0.2) is 121 Å². The van der Waals surface area contributed by atoms with E-state index in [4.69, 9.17) is 5.26 Å². The molecule has 7 aliphatic heterocycles. The summed E-state index contributed by atoms with van der Waals surface area (Å²) in [6.07, 6.45) is -1.80. The number of fused-ring (bicyclic) bond motifs is 3. The van der Waals surface area contributed by atoms with Gasteiger partial charge in [0.2, 0.25) is 0 Å². The van der Waals surface area contributed by atoms with Crippen LogP contribution >= 0.6 is 0 Å². The summed E-state index contributed by atoms with van der Waals surface area (Å²) >= 11 is 0. The molecule has 0 bridgehead atoms. The molecule has 0 radical (unpaired) electrons. The van der Waals surface area contributed by atoms with Crippen molar-refractivity contribution in [2.75, 3.05) is 88.1 Å². The fourth-order valence-electron chi connectivity index (χ4n) is 10.6. The molecule has 31 heteroatoms. The first-order valence-corrected chi connectivity index (χ1v) is 28.6. The molecule has 13 rings (SSSR count). The molecule has 482 valence electrons. The lowest BCUT2D eigenvalue weighted by atomic mass is 10.2. The molecule has 1 atom stereocenters. The number of nitrogens with one attached hydrogen (secondary N) is 2. The van der Waals surface area contributed by atoms with E-state index in [9.17, 15) is 73.1 Å². The highest BCUT2D eigenvalue weighted by atomic mass is 19.4. The van der Waals surface area contributed by atoms with Gasteiger partial charge in [-0.15, -0.1) is 0 Å². The summed E-state index contributed by atoms with van der Waals surface area (Å²) < 4.78 is 115. The van der Waals surface area contributed by atoms with E-state index < -0.39 is 48.6 Å². The maximum Gasteiger partial charge on any atom is 0.471 e. The molecule has 4 fully saturated rings. The van der Waals surface area contributed by atoms with Crippen LogP contribution in [0.3, 0.4) is 0 Å². The summed E-state index contributed by atoms with van der Waals surface area (Å²) in [6.45, 7) is 3.15. The van der Waals surface area contributed by atoms with E-state index >= 15 is 0 Å². The third-order valence-corrected chi connectivity index (χ3v) is 14.9. The monoisotopic (exact) mass is 1280 g/mol. The SMILES string of the molecule is CN(C)/C=C1\C(=O)CCN1C(=O)C(F)(F)F.N#CN1CCC[C@H]1C(=O)N1CCc2c1cnn2-c1ccccc1.O=C(N1CCc2c1cnn2-c1ccccc1)C(F)(F)F.O=C1CCN(C(=O)C(F)(F)F)C1.O=C1CCNC1.c1ccc(-n2ncc3c2CCN3)cc1. The Morgan fingerprint density at radius 2 is 1.07 bits per heavy atom. The lowest BCUT2D eigenvalue weighted by molar-refractivity contribution is -0.184. The minimum atomic E-state index is -4.95. The third kappa shape index (κ3) is 16.5. The molecule has 0 saturated carbocycles. The van der Waals surface area contributed by atoms with Crippen LogP contribution < -0.4 is 20.4 Å². The summed E-state index contributed by atoms with van der Waals surface area (Å²) in [5, 5.41) is 28.3. The zero-order valence-corrected chi connectivity index (χ0v) is 49.1. The van der Waals surface area contributed by atoms with Gasteiger partial charge >= 0.3 is 36.3 Å². The normalized spacial score (nSPS) is 17.6. The van der Waals surface area contributed by atoms with Gasteiger partial charge in [0.15, 0.2) is 17.8 Å². The number of hydrogen-bond donors (Lipinski definition) is 2.